The number of aryl methyl sites for hydroxylation is 1. The molecule has 6 heteroatoms. The van der Waals surface area contributed by atoms with Crippen molar-refractivity contribution in [3.05, 3.63) is 69.2 Å². The average Bonchev–Trinajstić information content (AvgIpc) is 2.71. The van der Waals surface area contributed by atoms with Crippen molar-refractivity contribution in [1.82, 2.24) is 10.2 Å². The van der Waals surface area contributed by atoms with Gasteiger partial charge in [-0.3, -0.25) is 9.59 Å². The number of halogens is 2. The maximum absolute atomic E-state index is 13.2. The molecule has 0 heterocycles. The minimum Gasteiger partial charge on any atom is -0.355 e. The molecule has 2 aromatic carbocycles. The normalized spacial score (nSPS) is 12.4. The van der Waals surface area contributed by atoms with Crippen LogP contribution in [0.2, 0.25) is 10.0 Å². The van der Waals surface area contributed by atoms with Crippen molar-refractivity contribution in [2.24, 2.45) is 0 Å². The smallest absolute Gasteiger partial charge is 0.242 e. The summed E-state index contributed by atoms with van der Waals surface area (Å²) in [5, 5.41) is 3.80. The number of carbonyl (C=O) groups excluding carboxylic acids is 2. The van der Waals surface area contributed by atoms with Crippen molar-refractivity contribution in [3.63, 3.8) is 0 Å². The van der Waals surface area contributed by atoms with Gasteiger partial charge in [-0.05, 0) is 54.5 Å². The topological polar surface area (TPSA) is 49.4 Å². The van der Waals surface area contributed by atoms with E-state index >= 15 is 0 Å². The fourth-order valence-electron chi connectivity index (χ4n) is 3.30. The van der Waals surface area contributed by atoms with Crippen molar-refractivity contribution in [3.8, 4) is 0 Å². The van der Waals surface area contributed by atoms with Gasteiger partial charge in [0.1, 0.15) is 6.04 Å². The SMILES string of the molecule is CCNC(=O)[C@@H](C)N(Cc1ccc(Cl)cc1Cl)C(=O)CCc1ccc(C(C)(C)C)cc1. The zero-order valence-electron chi connectivity index (χ0n) is 19.0. The molecule has 0 fully saturated rings. The molecular weight excluding hydrogens is 431 g/mol. The minimum absolute atomic E-state index is 0.0884. The molecule has 1 atom stereocenters. The Balaban J connectivity index is 2.16. The Labute approximate surface area is 195 Å². The highest BCUT2D eigenvalue weighted by Gasteiger charge is 2.26. The van der Waals surface area contributed by atoms with E-state index in [0.717, 1.165) is 11.1 Å². The van der Waals surface area contributed by atoms with Crippen LogP contribution in [0.3, 0.4) is 0 Å². The van der Waals surface area contributed by atoms with Gasteiger partial charge >= 0.3 is 0 Å². The van der Waals surface area contributed by atoms with E-state index in [2.05, 4.69) is 50.4 Å². The van der Waals surface area contributed by atoms with Crippen LogP contribution in [0.5, 0.6) is 0 Å². The van der Waals surface area contributed by atoms with E-state index in [1.165, 1.54) is 5.56 Å². The first-order chi connectivity index (χ1) is 14.5. The van der Waals surface area contributed by atoms with Crippen LogP contribution in [0.4, 0.5) is 0 Å². The molecule has 2 aromatic rings. The lowest BCUT2D eigenvalue weighted by Gasteiger charge is -2.29. The van der Waals surface area contributed by atoms with Crippen molar-refractivity contribution in [1.29, 1.82) is 0 Å². The van der Waals surface area contributed by atoms with E-state index in [1.807, 2.05) is 6.92 Å². The molecule has 2 amide bonds. The van der Waals surface area contributed by atoms with E-state index in [4.69, 9.17) is 23.2 Å². The van der Waals surface area contributed by atoms with Crippen LogP contribution >= 0.6 is 23.2 Å². The molecule has 168 valence electrons. The molecule has 0 spiro atoms. The Bertz CT molecular complexity index is 905. The second-order valence-corrected chi connectivity index (χ2v) is 9.62. The Morgan fingerprint density at radius 3 is 2.26 bits per heavy atom. The maximum Gasteiger partial charge on any atom is 0.242 e. The van der Waals surface area contributed by atoms with Crippen LogP contribution in [0, 0.1) is 0 Å². The number of nitrogens with one attached hydrogen (secondary N) is 1. The average molecular weight is 463 g/mol. The van der Waals surface area contributed by atoms with Gasteiger partial charge in [-0.2, -0.15) is 0 Å². The number of rotatable bonds is 8. The van der Waals surface area contributed by atoms with Crippen molar-refractivity contribution < 1.29 is 9.59 Å². The molecule has 4 nitrogen and oxygen atoms in total. The number of hydrogen-bond acceptors (Lipinski definition) is 2. The lowest BCUT2D eigenvalue weighted by molar-refractivity contribution is -0.140. The zero-order chi connectivity index (χ0) is 23.2. The molecule has 31 heavy (non-hydrogen) atoms. The Kier molecular flexibility index (Phi) is 8.96. The number of benzene rings is 2. The van der Waals surface area contributed by atoms with E-state index in [1.54, 1.807) is 30.0 Å². The summed E-state index contributed by atoms with van der Waals surface area (Å²) in [7, 11) is 0. The molecule has 2 rings (SSSR count). The second-order valence-electron chi connectivity index (χ2n) is 8.77. The summed E-state index contributed by atoms with van der Waals surface area (Å²) in [4.78, 5) is 27.2. The number of likely N-dealkylation sites (N-methyl/N-ethyl adjacent to an activating group) is 1. The molecular formula is C25H32Cl2N2O2. The molecule has 1 N–H and O–H groups in total. The first kappa shape index (κ1) is 25.2. The quantitative estimate of drug-likeness (QED) is 0.540. The largest absolute Gasteiger partial charge is 0.355 e. The summed E-state index contributed by atoms with van der Waals surface area (Å²) in [6.45, 7) is 10.9. The predicted octanol–water partition coefficient (Wildman–Crippen LogP) is 5.78. The Hall–Kier alpha value is -2.04. The number of carbonyl (C=O) groups is 2. The van der Waals surface area contributed by atoms with Gasteiger partial charge in [-0.25, -0.2) is 0 Å². The molecule has 0 bridgehead atoms. The lowest BCUT2D eigenvalue weighted by Crippen LogP contribution is -2.47. The zero-order valence-corrected chi connectivity index (χ0v) is 20.5. The lowest BCUT2D eigenvalue weighted by atomic mass is 9.86. The highest BCUT2D eigenvalue weighted by atomic mass is 35.5. The van der Waals surface area contributed by atoms with Crippen molar-refractivity contribution in [2.45, 2.75) is 65.5 Å². The molecule has 0 saturated heterocycles. The standard InChI is InChI=1S/C25H32Cl2N2O2/c1-6-28-24(31)17(2)29(16-19-10-13-21(26)15-22(19)27)23(30)14-9-18-7-11-20(12-8-18)25(3,4)5/h7-8,10-13,15,17H,6,9,14,16H2,1-5H3,(H,28,31)/t17-/m1/s1. The molecule has 0 radical (unpaired) electrons. The van der Waals surface area contributed by atoms with E-state index in [0.29, 0.717) is 29.4 Å². The van der Waals surface area contributed by atoms with Crippen LogP contribution in [0.25, 0.3) is 0 Å². The molecule has 0 aromatic heterocycles. The highest BCUT2D eigenvalue weighted by molar-refractivity contribution is 6.35. The van der Waals surface area contributed by atoms with Gasteiger partial charge in [-0.1, -0.05) is 74.3 Å². The Morgan fingerprint density at radius 1 is 1.06 bits per heavy atom. The van der Waals surface area contributed by atoms with Crippen LogP contribution in [0.1, 0.15) is 57.7 Å². The van der Waals surface area contributed by atoms with Crippen LogP contribution in [0.15, 0.2) is 42.5 Å². The van der Waals surface area contributed by atoms with Gasteiger partial charge in [0.05, 0.1) is 0 Å². The Morgan fingerprint density at radius 2 is 1.71 bits per heavy atom. The first-order valence-electron chi connectivity index (χ1n) is 10.6. The maximum atomic E-state index is 13.2. The van der Waals surface area contributed by atoms with Crippen molar-refractivity contribution >= 4 is 35.0 Å². The number of hydrogen-bond donors (Lipinski definition) is 1. The summed E-state index contributed by atoms with van der Waals surface area (Å²) in [5.74, 6) is -0.278. The summed E-state index contributed by atoms with van der Waals surface area (Å²) in [6.07, 6.45) is 0.917. The van der Waals surface area contributed by atoms with Gasteiger partial charge in [-0.15, -0.1) is 0 Å². The summed E-state index contributed by atoms with van der Waals surface area (Å²) in [5.41, 5.74) is 3.19. The molecule has 0 unspecified atom stereocenters. The highest BCUT2D eigenvalue weighted by Crippen LogP contribution is 2.25. The van der Waals surface area contributed by atoms with E-state index in [9.17, 15) is 9.59 Å². The summed E-state index contributed by atoms with van der Waals surface area (Å²) >= 11 is 12.3. The molecule has 0 saturated carbocycles. The third-order valence-electron chi connectivity index (χ3n) is 5.32. The third-order valence-corrected chi connectivity index (χ3v) is 5.91. The van der Waals surface area contributed by atoms with Crippen molar-refractivity contribution in [2.75, 3.05) is 6.54 Å². The number of nitrogens with zero attached hydrogens (tertiary/aromatic N) is 1. The summed E-state index contributed by atoms with van der Waals surface area (Å²) in [6, 6.07) is 12.9. The van der Waals surface area contributed by atoms with Gasteiger partial charge < -0.3 is 10.2 Å². The van der Waals surface area contributed by atoms with Gasteiger partial charge in [0.25, 0.3) is 0 Å². The van der Waals surface area contributed by atoms with E-state index < -0.39 is 6.04 Å². The molecule has 0 aliphatic carbocycles. The molecule has 0 aliphatic heterocycles. The fraction of sp³-hybridized carbons (Fsp3) is 0.440. The fourth-order valence-corrected chi connectivity index (χ4v) is 3.77. The van der Waals surface area contributed by atoms with Gasteiger partial charge in [0.15, 0.2) is 0 Å². The number of amides is 2. The second kappa shape index (κ2) is 11.0. The minimum atomic E-state index is -0.609. The van der Waals surface area contributed by atoms with E-state index in [-0.39, 0.29) is 23.8 Å². The van der Waals surface area contributed by atoms with Crippen LogP contribution < -0.4 is 5.32 Å². The monoisotopic (exact) mass is 462 g/mol. The van der Waals surface area contributed by atoms with Gasteiger partial charge in [0.2, 0.25) is 11.8 Å². The molecule has 0 aliphatic rings. The van der Waals surface area contributed by atoms with Crippen LogP contribution in [-0.2, 0) is 28.0 Å². The summed E-state index contributed by atoms with van der Waals surface area (Å²) < 4.78 is 0. The van der Waals surface area contributed by atoms with Gasteiger partial charge in [0, 0.05) is 29.6 Å². The first-order valence-corrected chi connectivity index (χ1v) is 11.4. The predicted molar refractivity (Wildman–Crippen MR) is 129 cm³/mol. The third kappa shape index (κ3) is 7.26. The van der Waals surface area contributed by atoms with Crippen LogP contribution in [-0.4, -0.2) is 29.3 Å².